The summed E-state index contributed by atoms with van der Waals surface area (Å²) in [6.07, 6.45) is 1.20. The molecule has 0 saturated heterocycles. The number of oxazole rings is 1. The number of hydrogen-bond acceptors (Lipinski definition) is 6. The third-order valence-corrected chi connectivity index (χ3v) is 3.81. The zero-order valence-electron chi connectivity index (χ0n) is 12.3. The molecule has 2 aromatic rings. The topological polar surface area (TPSA) is 64.4 Å². The molecule has 0 amide bonds. The molecule has 114 valence electrons. The van der Waals surface area contributed by atoms with Crippen molar-refractivity contribution in [2.24, 2.45) is 0 Å². The lowest BCUT2D eigenvalue weighted by molar-refractivity contribution is -0.143. The van der Waals surface area contributed by atoms with E-state index in [4.69, 9.17) is 9.15 Å². The van der Waals surface area contributed by atoms with Crippen molar-refractivity contribution >= 4 is 17.3 Å². The minimum atomic E-state index is -0.142. The fraction of sp³-hybridized carbons (Fsp3) is 0.467. The van der Waals surface area contributed by atoms with Crippen molar-refractivity contribution in [3.8, 4) is 10.8 Å². The van der Waals surface area contributed by atoms with Crippen LogP contribution in [0.1, 0.15) is 31.2 Å². The molecule has 0 bridgehead atoms. The Hall–Kier alpha value is -1.66. The predicted octanol–water partition coefficient (Wildman–Crippen LogP) is 3.14. The van der Waals surface area contributed by atoms with Crippen molar-refractivity contribution in [1.82, 2.24) is 10.3 Å². The Morgan fingerprint density at radius 2 is 2.38 bits per heavy atom. The highest BCUT2D eigenvalue weighted by Crippen LogP contribution is 2.25. The maximum Gasteiger partial charge on any atom is 0.305 e. The molecule has 2 aromatic heterocycles. The summed E-state index contributed by atoms with van der Waals surface area (Å²) in [5.41, 5.74) is 0.912. The third-order valence-electron chi connectivity index (χ3n) is 2.96. The van der Waals surface area contributed by atoms with Gasteiger partial charge in [0.1, 0.15) is 5.76 Å². The van der Waals surface area contributed by atoms with E-state index in [-0.39, 0.29) is 5.97 Å². The summed E-state index contributed by atoms with van der Waals surface area (Å²) in [4.78, 5) is 16.7. The average molecular weight is 308 g/mol. The quantitative estimate of drug-likeness (QED) is 0.599. The standard InChI is InChI=1S/C15H20N2O3S/c1-3-19-14(18)7-4-8-16-10-12-11(2)20-15(17-12)13-6-5-9-21-13/h5-6,9,16H,3-4,7-8,10H2,1-2H3. The normalized spacial score (nSPS) is 10.8. The van der Waals surface area contributed by atoms with Crippen molar-refractivity contribution in [3.63, 3.8) is 0 Å². The van der Waals surface area contributed by atoms with Crippen LogP contribution in [0.15, 0.2) is 21.9 Å². The van der Waals surface area contributed by atoms with Gasteiger partial charge in [-0.3, -0.25) is 4.79 Å². The lowest BCUT2D eigenvalue weighted by Gasteiger charge is -2.03. The number of nitrogens with zero attached hydrogens (tertiary/aromatic N) is 1. The Labute approximate surface area is 128 Å². The number of hydrogen-bond donors (Lipinski definition) is 1. The average Bonchev–Trinajstić information content (AvgIpc) is 3.09. The Kier molecular flexibility index (Phi) is 5.95. The van der Waals surface area contributed by atoms with E-state index < -0.39 is 0 Å². The molecule has 0 fully saturated rings. The van der Waals surface area contributed by atoms with Crippen LogP contribution in [0.25, 0.3) is 10.8 Å². The van der Waals surface area contributed by atoms with Crippen LogP contribution in [0, 0.1) is 6.92 Å². The molecule has 0 radical (unpaired) electrons. The predicted molar refractivity (Wildman–Crippen MR) is 82.1 cm³/mol. The molecule has 2 rings (SSSR count). The Balaban J connectivity index is 1.75. The number of thiophene rings is 1. The van der Waals surface area contributed by atoms with E-state index in [9.17, 15) is 4.79 Å². The SMILES string of the molecule is CCOC(=O)CCCNCc1nc(-c2cccs2)oc1C. The van der Waals surface area contributed by atoms with Gasteiger partial charge >= 0.3 is 5.97 Å². The second-order valence-electron chi connectivity index (χ2n) is 4.58. The minimum absolute atomic E-state index is 0.142. The third kappa shape index (κ3) is 4.68. The number of ether oxygens (including phenoxy) is 1. The molecule has 0 aliphatic carbocycles. The van der Waals surface area contributed by atoms with E-state index in [1.54, 1.807) is 11.3 Å². The fourth-order valence-electron chi connectivity index (χ4n) is 1.90. The van der Waals surface area contributed by atoms with Crippen molar-refractivity contribution in [2.75, 3.05) is 13.2 Å². The lowest BCUT2D eigenvalue weighted by Crippen LogP contribution is -2.17. The van der Waals surface area contributed by atoms with Crippen LogP contribution in [0.4, 0.5) is 0 Å². The van der Waals surface area contributed by atoms with E-state index in [2.05, 4.69) is 10.3 Å². The molecule has 5 nitrogen and oxygen atoms in total. The molecule has 0 aromatic carbocycles. The van der Waals surface area contributed by atoms with Crippen LogP contribution in [0.3, 0.4) is 0 Å². The van der Waals surface area contributed by atoms with Crippen LogP contribution in [0.2, 0.25) is 0 Å². The molecule has 0 unspecified atom stereocenters. The summed E-state index contributed by atoms with van der Waals surface area (Å²) in [5.74, 6) is 1.36. The van der Waals surface area contributed by atoms with E-state index in [0.29, 0.717) is 25.5 Å². The van der Waals surface area contributed by atoms with Gasteiger partial charge in [-0.05, 0) is 38.3 Å². The second-order valence-corrected chi connectivity index (χ2v) is 5.53. The van der Waals surface area contributed by atoms with Crippen molar-refractivity contribution in [2.45, 2.75) is 33.2 Å². The molecule has 6 heteroatoms. The molecule has 0 saturated carbocycles. The fourth-order valence-corrected chi connectivity index (χ4v) is 2.54. The minimum Gasteiger partial charge on any atom is -0.466 e. The van der Waals surface area contributed by atoms with Crippen LogP contribution in [-0.4, -0.2) is 24.1 Å². The number of aromatic nitrogens is 1. The molecule has 21 heavy (non-hydrogen) atoms. The van der Waals surface area contributed by atoms with Crippen LogP contribution in [-0.2, 0) is 16.1 Å². The van der Waals surface area contributed by atoms with E-state index in [1.807, 2.05) is 31.4 Å². The first kappa shape index (κ1) is 15.7. The number of carbonyl (C=O) groups excluding carboxylic acids is 1. The maximum absolute atomic E-state index is 11.2. The Bertz CT molecular complexity index is 563. The highest BCUT2D eigenvalue weighted by Gasteiger charge is 2.11. The van der Waals surface area contributed by atoms with Gasteiger partial charge in [0, 0.05) is 13.0 Å². The molecule has 0 atom stereocenters. The summed E-state index contributed by atoms with van der Waals surface area (Å²) < 4.78 is 10.5. The van der Waals surface area contributed by atoms with Gasteiger partial charge in [-0.2, -0.15) is 0 Å². The van der Waals surface area contributed by atoms with Gasteiger partial charge in [-0.1, -0.05) is 6.07 Å². The highest BCUT2D eigenvalue weighted by molar-refractivity contribution is 7.13. The molecule has 1 N–H and O–H groups in total. The summed E-state index contributed by atoms with van der Waals surface area (Å²) in [5, 5.41) is 5.27. The van der Waals surface area contributed by atoms with Gasteiger partial charge in [0.2, 0.25) is 5.89 Å². The zero-order chi connectivity index (χ0) is 15.1. The number of aryl methyl sites for hydroxylation is 1. The molecular formula is C15H20N2O3S. The van der Waals surface area contributed by atoms with Crippen molar-refractivity contribution in [1.29, 1.82) is 0 Å². The summed E-state index contributed by atoms with van der Waals surface area (Å²) >= 11 is 1.61. The van der Waals surface area contributed by atoms with E-state index in [1.165, 1.54) is 0 Å². The van der Waals surface area contributed by atoms with E-state index in [0.717, 1.165) is 29.3 Å². The van der Waals surface area contributed by atoms with Gasteiger partial charge in [0.05, 0.1) is 17.2 Å². The highest BCUT2D eigenvalue weighted by atomic mass is 32.1. The van der Waals surface area contributed by atoms with Gasteiger partial charge in [-0.25, -0.2) is 4.98 Å². The smallest absolute Gasteiger partial charge is 0.305 e. The number of esters is 1. The lowest BCUT2D eigenvalue weighted by atomic mass is 10.3. The largest absolute Gasteiger partial charge is 0.466 e. The Morgan fingerprint density at radius 1 is 1.52 bits per heavy atom. The first-order valence-corrected chi connectivity index (χ1v) is 7.95. The molecule has 2 heterocycles. The van der Waals surface area contributed by atoms with Crippen LogP contribution in [0.5, 0.6) is 0 Å². The van der Waals surface area contributed by atoms with Crippen LogP contribution < -0.4 is 5.32 Å². The molecule has 0 spiro atoms. The van der Waals surface area contributed by atoms with Crippen molar-refractivity contribution < 1.29 is 13.9 Å². The van der Waals surface area contributed by atoms with Gasteiger partial charge in [0.15, 0.2) is 0 Å². The number of nitrogens with one attached hydrogen (secondary N) is 1. The van der Waals surface area contributed by atoms with Gasteiger partial charge < -0.3 is 14.5 Å². The zero-order valence-corrected chi connectivity index (χ0v) is 13.2. The first-order valence-electron chi connectivity index (χ1n) is 7.07. The first-order chi connectivity index (χ1) is 10.2. The summed E-state index contributed by atoms with van der Waals surface area (Å²) in [6, 6.07) is 3.97. The molecule has 0 aliphatic heterocycles. The van der Waals surface area contributed by atoms with Crippen molar-refractivity contribution in [3.05, 3.63) is 29.0 Å². The molecular weight excluding hydrogens is 288 g/mol. The summed E-state index contributed by atoms with van der Waals surface area (Å²) in [6.45, 7) is 5.56. The summed E-state index contributed by atoms with van der Waals surface area (Å²) in [7, 11) is 0. The molecule has 0 aliphatic rings. The second kappa shape index (κ2) is 7.95. The van der Waals surface area contributed by atoms with Crippen LogP contribution >= 0.6 is 11.3 Å². The number of carbonyl (C=O) groups is 1. The monoisotopic (exact) mass is 308 g/mol. The maximum atomic E-state index is 11.2. The van der Waals surface area contributed by atoms with Gasteiger partial charge in [0.25, 0.3) is 0 Å². The van der Waals surface area contributed by atoms with E-state index >= 15 is 0 Å². The number of rotatable bonds is 8. The Morgan fingerprint density at radius 3 is 3.10 bits per heavy atom. The van der Waals surface area contributed by atoms with Gasteiger partial charge in [-0.15, -0.1) is 11.3 Å².